The number of carbonyl (C=O) groups is 1. The summed E-state index contributed by atoms with van der Waals surface area (Å²) in [6, 6.07) is 10.3. The average Bonchev–Trinajstić information content (AvgIpc) is 3.01. The molecule has 0 fully saturated rings. The Morgan fingerprint density at radius 1 is 1.18 bits per heavy atom. The van der Waals surface area contributed by atoms with Gasteiger partial charge in [0.25, 0.3) is 0 Å². The van der Waals surface area contributed by atoms with Crippen LogP contribution in [0.2, 0.25) is 0 Å². The lowest BCUT2D eigenvalue weighted by Gasteiger charge is -2.22. The summed E-state index contributed by atoms with van der Waals surface area (Å²) in [6.45, 7) is 2.07. The van der Waals surface area contributed by atoms with Gasteiger partial charge in [-0.2, -0.15) is 4.31 Å². The molecule has 0 saturated carbocycles. The molecule has 0 bridgehead atoms. The molecule has 2 aromatic rings. The Bertz CT molecular complexity index is 976. The zero-order valence-electron chi connectivity index (χ0n) is 16.1. The van der Waals surface area contributed by atoms with E-state index in [1.54, 1.807) is 7.05 Å². The van der Waals surface area contributed by atoms with Gasteiger partial charge in [0.05, 0.1) is 11.4 Å². The molecule has 0 spiro atoms. The minimum atomic E-state index is -3.87. The highest BCUT2D eigenvalue weighted by molar-refractivity contribution is 7.89. The van der Waals surface area contributed by atoms with Gasteiger partial charge in [-0.05, 0) is 48.4 Å². The highest BCUT2D eigenvalue weighted by Gasteiger charge is 2.25. The number of fused-ring (bicyclic) bond motifs is 1. The van der Waals surface area contributed by atoms with Crippen molar-refractivity contribution in [2.45, 2.75) is 30.9 Å². The third kappa shape index (κ3) is 4.34. The first-order chi connectivity index (χ1) is 13.2. The van der Waals surface area contributed by atoms with Crippen LogP contribution < -0.4 is 4.74 Å². The number of nitrogens with zero attached hydrogens (tertiary/aromatic N) is 2. The summed E-state index contributed by atoms with van der Waals surface area (Å²) in [4.78, 5) is 13.9. The Morgan fingerprint density at radius 2 is 1.86 bits per heavy atom. The van der Waals surface area contributed by atoms with Gasteiger partial charge in [-0.3, -0.25) is 4.79 Å². The molecule has 0 aliphatic carbocycles. The van der Waals surface area contributed by atoms with Crippen LogP contribution >= 0.6 is 0 Å². The molecule has 28 heavy (non-hydrogen) atoms. The quantitative estimate of drug-likeness (QED) is 0.739. The molecule has 8 heteroatoms. The number of benzene rings is 2. The van der Waals surface area contributed by atoms with Gasteiger partial charge in [0.2, 0.25) is 15.9 Å². The minimum absolute atomic E-state index is 0.0559. The second kappa shape index (κ2) is 7.89. The predicted octanol–water partition coefficient (Wildman–Crippen LogP) is 2.43. The monoisotopic (exact) mass is 406 g/mol. The van der Waals surface area contributed by atoms with Crippen LogP contribution in [0, 0.1) is 5.82 Å². The predicted molar refractivity (Wildman–Crippen MR) is 103 cm³/mol. The van der Waals surface area contributed by atoms with E-state index >= 15 is 0 Å². The molecular formula is C20H23FN2O4S. The summed E-state index contributed by atoms with van der Waals surface area (Å²) in [5.41, 5.74) is 2.07. The Hall–Kier alpha value is -2.45. The number of ether oxygens (including phenoxy) is 1. The number of carbonyl (C=O) groups excluding carboxylic acids is 1. The van der Waals surface area contributed by atoms with Crippen LogP contribution in [-0.2, 0) is 27.8 Å². The van der Waals surface area contributed by atoms with Gasteiger partial charge in [0.15, 0.2) is 0 Å². The largest absolute Gasteiger partial charge is 0.490 e. The van der Waals surface area contributed by atoms with E-state index in [1.807, 2.05) is 25.1 Å². The van der Waals surface area contributed by atoms with E-state index in [1.165, 1.54) is 24.1 Å². The van der Waals surface area contributed by atoms with Gasteiger partial charge < -0.3 is 9.64 Å². The van der Waals surface area contributed by atoms with Gasteiger partial charge in [-0.25, -0.2) is 12.8 Å². The molecule has 6 nitrogen and oxygen atoms in total. The lowest BCUT2D eigenvalue weighted by molar-refractivity contribution is -0.130. The molecule has 2 aromatic carbocycles. The lowest BCUT2D eigenvalue weighted by atomic mass is 10.1. The maximum Gasteiger partial charge on any atom is 0.243 e. The van der Waals surface area contributed by atoms with Gasteiger partial charge in [-0.15, -0.1) is 0 Å². The zero-order valence-corrected chi connectivity index (χ0v) is 16.9. The van der Waals surface area contributed by atoms with Crippen LogP contribution in [-0.4, -0.2) is 50.3 Å². The normalized spacial score (nSPS) is 16.0. The summed E-state index contributed by atoms with van der Waals surface area (Å²) in [5.74, 6) is 0.0141. The van der Waals surface area contributed by atoms with Crippen molar-refractivity contribution in [1.29, 1.82) is 0 Å². The van der Waals surface area contributed by atoms with Crippen molar-refractivity contribution in [3.8, 4) is 5.75 Å². The van der Waals surface area contributed by atoms with E-state index in [0.717, 1.165) is 39.7 Å². The van der Waals surface area contributed by atoms with E-state index in [4.69, 9.17) is 4.74 Å². The second-order valence-corrected chi connectivity index (χ2v) is 9.08. The standard InChI is InChI=1S/C20H23FN2O4S/c1-14-10-16-11-15(4-9-19(16)27-14)12-22(2)20(24)13-23(3)28(25,26)18-7-5-17(21)6-8-18/h4-9,11,14H,10,12-13H2,1-3H3. The minimum Gasteiger partial charge on any atom is -0.490 e. The van der Waals surface area contributed by atoms with Crippen molar-refractivity contribution in [3.05, 3.63) is 59.4 Å². The van der Waals surface area contributed by atoms with Gasteiger partial charge in [0.1, 0.15) is 17.7 Å². The van der Waals surface area contributed by atoms with Crippen LogP contribution in [0.3, 0.4) is 0 Å². The van der Waals surface area contributed by atoms with Crippen LogP contribution in [0.1, 0.15) is 18.1 Å². The third-order valence-corrected chi connectivity index (χ3v) is 6.50. The number of amides is 1. The molecule has 0 N–H and O–H groups in total. The summed E-state index contributed by atoms with van der Waals surface area (Å²) < 4.78 is 44.7. The number of hydrogen-bond acceptors (Lipinski definition) is 4. The first-order valence-corrected chi connectivity index (χ1v) is 10.3. The van der Waals surface area contributed by atoms with Crippen molar-refractivity contribution in [2.24, 2.45) is 0 Å². The van der Waals surface area contributed by atoms with Crippen molar-refractivity contribution in [1.82, 2.24) is 9.21 Å². The lowest BCUT2D eigenvalue weighted by Crippen LogP contribution is -2.39. The Balaban J connectivity index is 1.64. The first kappa shape index (κ1) is 20.3. The number of sulfonamides is 1. The molecule has 1 unspecified atom stereocenters. The van der Waals surface area contributed by atoms with Crippen LogP contribution in [0.5, 0.6) is 5.75 Å². The molecule has 1 atom stereocenters. The SMILES string of the molecule is CC1Cc2cc(CN(C)C(=O)CN(C)S(=O)(=O)c3ccc(F)cc3)ccc2O1. The van der Waals surface area contributed by atoms with Crippen LogP contribution in [0.25, 0.3) is 0 Å². The first-order valence-electron chi connectivity index (χ1n) is 8.91. The molecule has 1 heterocycles. The Kier molecular flexibility index (Phi) is 5.71. The second-order valence-electron chi connectivity index (χ2n) is 7.04. The summed E-state index contributed by atoms with van der Waals surface area (Å²) in [7, 11) is -0.905. The third-order valence-electron chi connectivity index (χ3n) is 4.69. The van der Waals surface area contributed by atoms with E-state index in [0.29, 0.717) is 6.54 Å². The van der Waals surface area contributed by atoms with Crippen molar-refractivity contribution < 1.29 is 22.3 Å². The molecule has 0 aromatic heterocycles. The molecule has 3 rings (SSSR count). The molecule has 150 valence electrons. The fraction of sp³-hybridized carbons (Fsp3) is 0.350. The molecule has 0 saturated heterocycles. The number of rotatable bonds is 6. The summed E-state index contributed by atoms with van der Waals surface area (Å²) in [5, 5.41) is 0. The highest BCUT2D eigenvalue weighted by Crippen LogP contribution is 2.29. The maximum absolute atomic E-state index is 13.0. The maximum atomic E-state index is 13.0. The zero-order chi connectivity index (χ0) is 20.5. The number of halogens is 1. The highest BCUT2D eigenvalue weighted by atomic mass is 32.2. The Labute approximate surface area is 164 Å². The van der Waals surface area contributed by atoms with Crippen molar-refractivity contribution in [3.63, 3.8) is 0 Å². The van der Waals surface area contributed by atoms with Crippen molar-refractivity contribution in [2.75, 3.05) is 20.6 Å². The molecule has 1 aliphatic heterocycles. The molecular weight excluding hydrogens is 383 g/mol. The topological polar surface area (TPSA) is 66.9 Å². The molecule has 0 radical (unpaired) electrons. The number of likely N-dealkylation sites (N-methyl/N-ethyl adjacent to an activating group) is 2. The summed E-state index contributed by atoms with van der Waals surface area (Å²) in [6.07, 6.45) is 0.981. The average molecular weight is 406 g/mol. The fourth-order valence-corrected chi connectivity index (χ4v) is 4.24. The molecule has 1 aliphatic rings. The van der Waals surface area contributed by atoms with Gasteiger partial charge in [0, 0.05) is 27.1 Å². The van der Waals surface area contributed by atoms with E-state index < -0.39 is 15.8 Å². The summed E-state index contributed by atoms with van der Waals surface area (Å²) >= 11 is 0. The smallest absolute Gasteiger partial charge is 0.243 e. The number of hydrogen-bond donors (Lipinski definition) is 0. The molecule has 1 amide bonds. The van der Waals surface area contributed by atoms with Crippen molar-refractivity contribution >= 4 is 15.9 Å². The van der Waals surface area contributed by atoms with Crippen LogP contribution in [0.15, 0.2) is 47.4 Å². The van der Waals surface area contributed by atoms with E-state index in [-0.39, 0.29) is 23.5 Å². The van der Waals surface area contributed by atoms with Crippen LogP contribution in [0.4, 0.5) is 4.39 Å². The van der Waals surface area contributed by atoms with E-state index in [9.17, 15) is 17.6 Å². The van der Waals surface area contributed by atoms with E-state index in [2.05, 4.69) is 0 Å². The Morgan fingerprint density at radius 3 is 2.54 bits per heavy atom. The fourth-order valence-electron chi connectivity index (χ4n) is 3.12. The van der Waals surface area contributed by atoms with Gasteiger partial charge >= 0.3 is 0 Å². The van der Waals surface area contributed by atoms with Gasteiger partial charge in [-0.1, -0.05) is 12.1 Å².